The Balaban J connectivity index is 0.000000254. The molecule has 0 aromatic heterocycles. The van der Waals surface area contributed by atoms with Crippen LogP contribution < -0.4 is 61.3 Å². The van der Waals surface area contributed by atoms with Gasteiger partial charge in [-0.15, -0.1) is 0 Å². The van der Waals surface area contributed by atoms with E-state index >= 15 is 0 Å². The van der Waals surface area contributed by atoms with Crippen LogP contribution in [0.25, 0.3) is 32.3 Å². The zero-order valence-electron chi connectivity index (χ0n) is 77.7. The van der Waals surface area contributed by atoms with E-state index in [0.717, 1.165) is 60.3 Å². The molecule has 5 aliphatic rings. The van der Waals surface area contributed by atoms with Crippen molar-refractivity contribution < 1.29 is 86.4 Å². The number of carbonyl (C=O) groups excluding carboxylic acids is 5. The van der Waals surface area contributed by atoms with Crippen LogP contribution in [0.15, 0.2) is 167 Å². The molecule has 14 N–H and O–H groups in total. The number of ether oxygens (including phenoxy) is 4. The number of carbonyl (C=O) groups is 5. The second-order valence-corrected chi connectivity index (χ2v) is 43.1. The molecular formula is C94H134N18O19S5. The van der Waals surface area contributed by atoms with Gasteiger partial charge < -0.3 is 71.7 Å². The standard InChI is InChI=1S/C36H48N6O8S2.C33H44N6O6S2.C23H32N6O5S.2CH4.H2/c1-7-49-35(44)42-19-17-41(18-20-42)33(43)30(39-51(45,46)28-15-14-26-11-8-9-12-27(26)21-28)13-10-16-38-34(37)40-52(47,48)32-24(3)23(2)31-29(25(32)4)22-36(5,6)50-31;1-21-22(2)30(23(3)27-20-33(4,5)45-29(21)27)47(43,44)38-32(34)36-14-8-11-28(31(40)39-17-15-35-16-18-39)37-46(41,42)26-13-12-24-9-6-7-10-25(24)19-26;1-2-34-23(31)29-14-12-28(13-15-29)21(30)20(8-5-11-26-22(24)25)27-35(32,33)19-10-9-17-6-3-4-7-18(17)16-19;;;/h8-9,11-12,14-15,21,30,39H,7,10,13,16-20,22H2,1-6H3,(H3,37,38,40);6-7,9-10,12-13,19,28,35,37H,8,11,14-18,20H2,1-5H3,(H3,34,36,38);3-4,6-7,9-10,16,20,27H,2,5,8,11-15H2,1H3,(H4,24,25,26);2*1H4;1H/t30-;28-;20-;;;/m000.../s1/i;;;;;1+1. The Morgan fingerprint density at radius 1 is 0.404 bits per heavy atom. The van der Waals surface area contributed by atoms with Crippen LogP contribution in [0.2, 0.25) is 0 Å². The van der Waals surface area contributed by atoms with Gasteiger partial charge in [-0.1, -0.05) is 106 Å². The van der Waals surface area contributed by atoms with Gasteiger partial charge in [0.1, 0.15) is 40.8 Å². The Labute approximate surface area is 800 Å². The first-order chi connectivity index (χ1) is 63.2. The molecule has 5 heterocycles. The van der Waals surface area contributed by atoms with Gasteiger partial charge in [0.25, 0.3) is 20.0 Å². The first-order valence-electron chi connectivity index (χ1n) is 44.5. The van der Waals surface area contributed by atoms with Crippen LogP contribution in [0.5, 0.6) is 11.5 Å². The number of nitrogens with zero attached hydrogens (tertiary/aromatic N) is 8. The Bertz CT molecular complexity index is 6420. The number of guanidine groups is 3. The quantitative estimate of drug-likeness (QED) is 0.0114. The van der Waals surface area contributed by atoms with Gasteiger partial charge in [0.05, 0.1) is 37.7 Å². The van der Waals surface area contributed by atoms with Crippen molar-refractivity contribution in [2.24, 2.45) is 37.9 Å². The van der Waals surface area contributed by atoms with Gasteiger partial charge in [0.2, 0.25) is 59.7 Å². The third-order valence-electron chi connectivity index (χ3n) is 24.0. The number of amides is 5. The molecule has 0 saturated carbocycles. The summed E-state index contributed by atoms with van der Waals surface area (Å²) in [4.78, 5) is 85.3. The maximum atomic E-state index is 13.8. The molecular weight excluding hydrogens is 1850 g/mol. The van der Waals surface area contributed by atoms with E-state index in [1.54, 1.807) is 93.8 Å². The number of rotatable bonds is 30. The number of sulfonamides is 5. The van der Waals surface area contributed by atoms with Gasteiger partial charge >= 0.3 is 12.2 Å². The summed E-state index contributed by atoms with van der Waals surface area (Å²) in [5.74, 6) is -0.381. The molecule has 136 heavy (non-hydrogen) atoms. The van der Waals surface area contributed by atoms with Gasteiger partial charge in [0, 0.05) is 124 Å². The lowest BCUT2D eigenvalue weighted by atomic mass is 9.94. The van der Waals surface area contributed by atoms with Gasteiger partial charge in [-0.2, -0.15) is 14.2 Å². The molecule has 0 aliphatic carbocycles. The summed E-state index contributed by atoms with van der Waals surface area (Å²) in [7, 11) is -20.4. The van der Waals surface area contributed by atoms with Gasteiger partial charge in [0.15, 0.2) is 5.96 Å². The van der Waals surface area contributed by atoms with Crippen molar-refractivity contribution >= 4 is 130 Å². The lowest BCUT2D eigenvalue weighted by Crippen LogP contribution is -2.55. The van der Waals surface area contributed by atoms with E-state index in [1.165, 1.54) is 32.9 Å². The topological polar surface area (TPSA) is 523 Å². The molecule has 5 amide bonds. The van der Waals surface area contributed by atoms with Crippen molar-refractivity contribution in [3.63, 3.8) is 0 Å². The highest BCUT2D eigenvalue weighted by Crippen LogP contribution is 2.46. The van der Waals surface area contributed by atoms with Crippen molar-refractivity contribution in [1.82, 2.24) is 53.4 Å². The highest BCUT2D eigenvalue weighted by Gasteiger charge is 2.41. The lowest BCUT2D eigenvalue weighted by Gasteiger charge is -2.36. The third kappa shape index (κ3) is 27.1. The van der Waals surface area contributed by atoms with Crippen molar-refractivity contribution in [1.29, 1.82) is 0 Å². The van der Waals surface area contributed by atoms with Crippen LogP contribution in [0.3, 0.4) is 0 Å². The maximum absolute atomic E-state index is 13.8. The summed E-state index contributed by atoms with van der Waals surface area (Å²) >= 11 is 0. The number of aliphatic imine (C=N–C) groups is 3. The number of hydrogen-bond donors (Lipinski definition) is 10. The Morgan fingerprint density at radius 2 is 0.691 bits per heavy atom. The van der Waals surface area contributed by atoms with Crippen LogP contribution in [0, 0.1) is 41.5 Å². The molecule has 3 fully saturated rings. The number of fused-ring (bicyclic) bond motifs is 5. The van der Waals surface area contributed by atoms with E-state index < -0.39 is 97.5 Å². The molecule has 42 heteroatoms. The highest BCUT2D eigenvalue weighted by atomic mass is 32.2. The molecule has 37 nitrogen and oxygen atoms in total. The molecule has 744 valence electrons. The number of benzene rings is 8. The minimum absolute atomic E-state index is 0. The van der Waals surface area contributed by atoms with Crippen LogP contribution in [0.1, 0.15) is 141 Å². The normalized spacial score (nSPS) is 16.2. The summed E-state index contributed by atoms with van der Waals surface area (Å²) in [5, 5.41) is 8.16. The summed E-state index contributed by atoms with van der Waals surface area (Å²) < 4.78 is 170. The zero-order chi connectivity index (χ0) is 97.6. The molecule has 0 bridgehead atoms. The van der Waals surface area contributed by atoms with Crippen molar-refractivity contribution in [3.05, 3.63) is 172 Å². The average molecular weight is 1980 g/mol. The van der Waals surface area contributed by atoms with Crippen LogP contribution in [0.4, 0.5) is 9.59 Å². The fourth-order valence-electron chi connectivity index (χ4n) is 16.9. The predicted molar refractivity (Wildman–Crippen MR) is 530 cm³/mol. The Hall–Kier alpha value is -11.5. The predicted octanol–water partition coefficient (Wildman–Crippen LogP) is 8.49. The highest BCUT2D eigenvalue weighted by molar-refractivity contribution is 7.91. The zero-order valence-corrected chi connectivity index (χ0v) is 81.8. The van der Waals surface area contributed by atoms with Crippen molar-refractivity contribution in [3.8, 4) is 11.5 Å². The molecule has 13 rings (SSSR count). The smallest absolute Gasteiger partial charge is 0.409 e. The maximum Gasteiger partial charge on any atom is 0.409 e. The molecule has 5 aliphatic heterocycles. The molecule has 0 unspecified atom stereocenters. The van der Waals surface area contributed by atoms with E-state index in [-0.39, 0.29) is 175 Å². The van der Waals surface area contributed by atoms with E-state index in [9.17, 15) is 66.1 Å². The number of piperazine rings is 3. The van der Waals surface area contributed by atoms with E-state index in [2.05, 4.69) is 43.9 Å². The molecule has 3 atom stereocenters. The summed E-state index contributed by atoms with van der Waals surface area (Å²) in [6.07, 6.45) is 1.51. The number of nitrogens with two attached hydrogens (primary N) is 4. The molecule has 0 spiro atoms. The van der Waals surface area contributed by atoms with Crippen molar-refractivity contribution in [2.75, 3.05) is 111 Å². The third-order valence-corrected chi connectivity index (χ3v) is 31.6. The summed E-state index contributed by atoms with van der Waals surface area (Å²) in [6.45, 7) is 27.0. The van der Waals surface area contributed by atoms with Gasteiger partial charge in [-0.3, -0.25) is 29.4 Å². The van der Waals surface area contributed by atoms with E-state index in [0.29, 0.717) is 86.5 Å². The minimum atomic E-state index is -4.14. The minimum Gasteiger partial charge on any atom is -0.487 e. The van der Waals surface area contributed by atoms with Crippen molar-refractivity contribution in [2.45, 2.75) is 203 Å². The lowest BCUT2D eigenvalue weighted by molar-refractivity contribution is -0.135. The first kappa shape index (κ1) is 108. The second kappa shape index (κ2) is 46.1. The molecule has 3 saturated heterocycles. The fraction of sp³-hybridized carbons (Fsp3) is 0.468. The van der Waals surface area contributed by atoms with Crippen LogP contribution in [-0.2, 0) is 86.8 Å². The van der Waals surface area contributed by atoms with E-state index in [4.69, 9.17) is 41.9 Å². The fourth-order valence-corrected chi connectivity index (χ4v) is 23.7. The molecule has 8 aromatic carbocycles. The van der Waals surface area contributed by atoms with Gasteiger partial charge in [-0.05, 0) is 224 Å². The number of hydrogen-bond acceptors (Lipinski definition) is 23. The Morgan fingerprint density at radius 3 is 0.993 bits per heavy atom. The van der Waals surface area contributed by atoms with Crippen LogP contribution in [-0.4, -0.2) is 255 Å². The van der Waals surface area contributed by atoms with Gasteiger partial charge in [-0.25, -0.2) is 61.1 Å². The second-order valence-electron chi connectivity index (χ2n) is 34.7. The molecule has 0 radical (unpaired) electrons. The number of nitrogens with one attached hydrogen (secondary N) is 6. The Kier molecular flexibility index (Phi) is 36.7. The monoisotopic (exact) mass is 1980 g/mol. The average Bonchev–Trinajstić information content (AvgIpc) is 1.63. The van der Waals surface area contributed by atoms with E-state index in [1.807, 2.05) is 108 Å². The summed E-state index contributed by atoms with van der Waals surface area (Å²) in [6, 6.07) is 33.4. The summed E-state index contributed by atoms with van der Waals surface area (Å²) in [5.41, 5.74) is 27.5. The van der Waals surface area contributed by atoms with Crippen LogP contribution >= 0.6 is 0 Å². The largest absolute Gasteiger partial charge is 0.487 e. The first-order valence-corrected chi connectivity index (χ1v) is 51.9. The molecule has 8 aromatic rings. The SMILES string of the molecule is C.C.CCOC(=O)N1CCN(C(=O)[C@H](CCCN=C(N)N)NS(=O)(=O)c2ccc3ccccc3c2)CC1.CCOC(=O)N1CCN(C(=O)[C@H](CCCN=C(N)NS(=O)(=O)c2c(C)c(C)c3c(c2C)CC(C)(C)O3)NS(=O)(=O)c2ccc3ccccc3c2)CC1.Cc1c(C)c(S(=O)(=O)NC(N)=NCCC[C@H](NS(=O)(=O)c2ccc3ccccc3c2)C(=O)N2CCNCC2)c(C)c2c1OC(C)(C)C2.[2HH].